The fraction of sp³-hybridized carbons (Fsp3) is 0.429. The molecular weight excluding hydrogens is 330 g/mol. The molecule has 5 nitrogen and oxygen atoms in total. The Hall–Kier alpha value is -2.40. The molecule has 0 spiro atoms. The number of carbonyl (C=O) groups excluding carboxylic acids is 1. The standard InChI is InChI=1S/C21H27NO4/c1-16-18(22-19(26-16)17-12-8-7-9-13-17)14-10-5-6-11-15-25-21(2,3)20(23)24-4/h5,7-10,12-13H,6,11,14-15H2,1-4H3/b10-5+. The predicted molar refractivity (Wildman–Crippen MR) is 101 cm³/mol. The Morgan fingerprint density at radius 1 is 1.23 bits per heavy atom. The summed E-state index contributed by atoms with van der Waals surface area (Å²) < 4.78 is 16.1. The molecule has 1 aromatic carbocycles. The van der Waals surface area contributed by atoms with Crippen LogP contribution in [0.2, 0.25) is 0 Å². The van der Waals surface area contributed by atoms with Gasteiger partial charge in [0.1, 0.15) is 5.76 Å². The summed E-state index contributed by atoms with van der Waals surface area (Å²) >= 11 is 0. The molecule has 0 aliphatic carbocycles. The highest BCUT2D eigenvalue weighted by atomic mass is 16.6. The minimum Gasteiger partial charge on any atom is -0.467 e. The molecule has 1 heterocycles. The molecule has 140 valence electrons. The van der Waals surface area contributed by atoms with Crippen LogP contribution in [-0.4, -0.2) is 30.3 Å². The van der Waals surface area contributed by atoms with Gasteiger partial charge < -0.3 is 13.9 Å². The third-order valence-corrected chi connectivity index (χ3v) is 4.05. The molecule has 0 aliphatic heterocycles. The van der Waals surface area contributed by atoms with Crippen molar-refractivity contribution in [3.63, 3.8) is 0 Å². The normalized spacial score (nSPS) is 11.8. The number of unbranched alkanes of at least 4 members (excludes halogenated alkanes) is 1. The molecule has 0 unspecified atom stereocenters. The second kappa shape index (κ2) is 9.34. The lowest BCUT2D eigenvalue weighted by atomic mass is 10.1. The van der Waals surface area contributed by atoms with Gasteiger partial charge in [-0.15, -0.1) is 0 Å². The number of nitrogens with zero attached hydrogens (tertiary/aromatic N) is 1. The summed E-state index contributed by atoms with van der Waals surface area (Å²) in [6.45, 7) is 5.87. The van der Waals surface area contributed by atoms with Gasteiger partial charge in [0.05, 0.1) is 12.8 Å². The number of rotatable bonds is 9. The van der Waals surface area contributed by atoms with E-state index in [2.05, 4.69) is 17.1 Å². The number of aromatic nitrogens is 1. The van der Waals surface area contributed by atoms with Crippen molar-refractivity contribution in [1.82, 2.24) is 4.98 Å². The highest BCUT2D eigenvalue weighted by molar-refractivity contribution is 5.78. The lowest BCUT2D eigenvalue weighted by Crippen LogP contribution is -2.36. The smallest absolute Gasteiger partial charge is 0.337 e. The number of esters is 1. The predicted octanol–water partition coefficient (Wildman–Crippen LogP) is 4.50. The number of hydrogen-bond donors (Lipinski definition) is 0. The molecule has 26 heavy (non-hydrogen) atoms. The number of aryl methyl sites for hydroxylation is 1. The van der Waals surface area contributed by atoms with E-state index in [1.54, 1.807) is 13.8 Å². The largest absolute Gasteiger partial charge is 0.467 e. The summed E-state index contributed by atoms with van der Waals surface area (Å²) in [6, 6.07) is 9.89. The van der Waals surface area contributed by atoms with Crippen molar-refractivity contribution in [3.8, 4) is 11.5 Å². The summed E-state index contributed by atoms with van der Waals surface area (Å²) in [6.07, 6.45) is 6.64. The Labute approximate surface area is 155 Å². The molecule has 0 N–H and O–H groups in total. The number of benzene rings is 1. The monoisotopic (exact) mass is 357 g/mol. The SMILES string of the molecule is COC(=O)C(C)(C)OCCC/C=C/Cc1nc(-c2ccccc2)oc1C. The molecule has 0 radical (unpaired) electrons. The minimum atomic E-state index is -0.899. The van der Waals surface area contributed by atoms with E-state index >= 15 is 0 Å². The van der Waals surface area contributed by atoms with Gasteiger partial charge in [-0.05, 0) is 45.7 Å². The zero-order valence-corrected chi connectivity index (χ0v) is 16.0. The molecule has 2 aromatic rings. The maximum atomic E-state index is 11.5. The second-order valence-electron chi connectivity index (χ2n) is 6.56. The van der Waals surface area contributed by atoms with Crippen molar-refractivity contribution in [2.45, 2.75) is 45.6 Å². The zero-order chi connectivity index (χ0) is 19.0. The Morgan fingerprint density at radius 2 is 1.96 bits per heavy atom. The van der Waals surface area contributed by atoms with Gasteiger partial charge >= 0.3 is 5.97 Å². The first-order chi connectivity index (χ1) is 12.4. The first-order valence-corrected chi connectivity index (χ1v) is 8.83. The van der Waals surface area contributed by atoms with Gasteiger partial charge in [-0.1, -0.05) is 30.4 Å². The van der Waals surface area contributed by atoms with E-state index in [1.807, 2.05) is 37.3 Å². The van der Waals surface area contributed by atoms with Gasteiger partial charge in [0, 0.05) is 18.6 Å². The van der Waals surface area contributed by atoms with Crippen molar-refractivity contribution in [3.05, 3.63) is 53.9 Å². The molecule has 1 aromatic heterocycles. The maximum absolute atomic E-state index is 11.5. The third-order valence-electron chi connectivity index (χ3n) is 4.05. The van der Waals surface area contributed by atoms with Crippen molar-refractivity contribution in [2.75, 3.05) is 13.7 Å². The first-order valence-electron chi connectivity index (χ1n) is 8.83. The average Bonchev–Trinajstić information content (AvgIpc) is 3.01. The van der Waals surface area contributed by atoms with Crippen molar-refractivity contribution < 1.29 is 18.7 Å². The Balaban J connectivity index is 1.76. The third kappa shape index (κ3) is 5.56. The van der Waals surface area contributed by atoms with Crippen LogP contribution < -0.4 is 0 Å². The Bertz CT molecular complexity index is 732. The van der Waals surface area contributed by atoms with E-state index in [0.717, 1.165) is 36.3 Å². The molecule has 0 saturated carbocycles. The van der Waals surface area contributed by atoms with Crippen LogP contribution in [0.4, 0.5) is 0 Å². The fourth-order valence-corrected chi connectivity index (χ4v) is 2.47. The minimum absolute atomic E-state index is 0.358. The van der Waals surface area contributed by atoms with Gasteiger partial charge in [0.25, 0.3) is 0 Å². The van der Waals surface area contributed by atoms with E-state index in [0.29, 0.717) is 12.5 Å². The summed E-state index contributed by atoms with van der Waals surface area (Å²) in [5.41, 5.74) is 1.03. The van der Waals surface area contributed by atoms with Crippen LogP contribution in [0.5, 0.6) is 0 Å². The van der Waals surface area contributed by atoms with E-state index in [9.17, 15) is 4.79 Å². The number of carbonyl (C=O) groups is 1. The highest BCUT2D eigenvalue weighted by Crippen LogP contribution is 2.21. The van der Waals surface area contributed by atoms with Gasteiger partial charge in [0.15, 0.2) is 5.60 Å². The van der Waals surface area contributed by atoms with Gasteiger partial charge in [-0.25, -0.2) is 9.78 Å². The highest BCUT2D eigenvalue weighted by Gasteiger charge is 2.29. The van der Waals surface area contributed by atoms with Crippen LogP contribution in [-0.2, 0) is 20.7 Å². The van der Waals surface area contributed by atoms with Gasteiger partial charge in [-0.2, -0.15) is 0 Å². The van der Waals surface area contributed by atoms with E-state index in [-0.39, 0.29) is 5.97 Å². The number of methoxy groups -OCH3 is 1. The lowest BCUT2D eigenvalue weighted by molar-refractivity contribution is -0.165. The zero-order valence-electron chi connectivity index (χ0n) is 16.0. The van der Waals surface area contributed by atoms with Crippen molar-refractivity contribution >= 4 is 5.97 Å². The summed E-state index contributed by atoms with van der Waals surface area (Å²) in [5, 5.41) is 0. The average molecular weight is 357 g/mol. The quantitative estimate of drug-likeness (QED) is 0.376. The first kappa shape index (κ1) is 19.9. The van der Waals surface area contributed by atoms with E-state index in [1.165, 1.54) is 7.11 Å². The fourth-order valence-electron chi connectivity index (χ4n) is 2.47. The molecule has 5 heteroatoms. The Morgan fingerprint density at radius 3 is 2.65 bits per heavy atom. The topological polar surface area (TPSA) is 61.6 Å². The molecule has 0 atom stereocenters. The number of hydrogen-bond acceptors (Lipinski definition) is 5. The van der Waals surface area contributed by atoms with Crippen LogP contribution in [0.25, 0.3) is 11.5 Å². The maximum Gasteiger partial charge on any atom is 0.337 e. The van der Waals surface area contributed by atoms with Gasteiger partial charge in [-0.3, -0.25) is 0 Å². The van der Waals surface area contributed by atoms with Crippen molar-refractivity contribution in [1.29, 1.82) is 0 Å². The number of allylic oxidation sites excluding steroid dienone is 2. The van der Waals surface area contributed by atoms with Crippen LogP contribution in [0.15, 0.2) is 46.9 Å². The van der Waals surface area contributed by atoms with Crippen LogP contribution in [0.1, 0.15) is 38.1 Å². The van der Waals surface area contributed by atoms with Crippen LogP contribution >= 0.6 is 0 Å². The summed E-state index contributed by atoms with van der Waals surface area (Å²) in [5.74, 6) is 1.14. The summed E-state index contributed by atoms with van der Waals surface area (Å²) in [4.78, 5) is 16.1. The van der Waals surface area contributed by atoms with E-state index < -0.39 is 5.60 Å². The number of ether oxygens (including phenoxy) is 2. The van der Waals surface area contributed by atoms with Crippen LogP contribution in [0.3, 0.4) is 0 Å². The molecule has 2 rings (SSSR count). The molecule has 0 bridgehead atoms. The summed E-state index contributed by atoms with van der Waals surface area (Å²) in [7, 11) is 1.37. The number of oxazole rings is 1. The lowest BCUT2D eigenvalue weighted by Gasteiger charge is -2.21. The molecular formula is C21H27NO4. The molecule has 0 aliphatic rings. The Kier molecular flexibility index (Phi) is 7.16. The van der Waals surface area contributed by atoms with Gasteiger partial charge in [0.2, 0.25) is 5.89 Å². The van der Waals surface area contributed by atoms with Crippen molar-refractivity contribution in [2.24, 2.45) is 0 Å². The second-order valence-corrected chi connectivity index (χ2v) is 6.56. The van der Waals surface area contributed by atoms with E-state index in [4.69, 9.17) is 13.9 Å². The molecule has 0 fully saturated rings. The molecule has 0 amide bonds. The molecule has 0 saturated heterocycles. The van der Waals surface area contributed by atoms with Crippen LogP contribution in [0, 0.1) is 6.92 Å².